The number of nitrogens with one attached hydrogen (secondary N) is 1. The first-order chi connectivity index (χ1) is 7.60. The first-order valence-corrected chi connectivity index (χ1v) is 5.14. The van der Waals surface area contributed by atoms with Crippen molar-refractivity contribution >= 4 is 5.82 Å². The largest absolute Gasteiger partial charge is 0.308 e. The lowest BCUT2D eigenvalue weighted by molar-refractivity contribution is 0.334. The number of rotatable bonds is 5. The third kappa shape index (κ3) is 2.72. The topological polar surface area (TPSA) is 82.9 Å². The van der Waals surface area contributed by atoms with Crippen LogP contribution >= 0.6 is 0 Å². The minimum absolute atomic E-state index is 0.529. The van der Waals surface area contributed by atoms with Gasteiger partial charge in [0.15, 0.2) is 0 Å². The molecule has 0 aliphatic heterocycles. The zero-order chi connectivity index (χ0) is 12.1. The van der Waals surface area contributed by atoms with Gasteiger partial charge in [0, 0.05) is 32.1 Å². The molecule has 0 spiro atoms. The molecule has 16 heavy (non-hydrogen) atoms. The van der Waals surface area contributed by atoms with Gasteiger partial charge in [-0.2, -0.15) is 10.4 Å². The van der Waals surface area contributed by atoms with E-state index in [0.717, 1.165) is 30.2 Å². The Morgan fingerprint density at radius 1 is 1.62 bits per heavy atom. The first kappa shape index (κ1) is 12.5. The zero-order valence-corrected chi connectivity index (χ0v) is 9.99. The molecule has 0 fully saturated rings. The number of nitriles is 1. The van der Waals surface area contributed by atoms with Crippen molar-refractivity contribution in [2.45, 2.75) is 19.9 Å². The van der Waals surface area contributed by atoms with Crippen molar-refractivity contribution in [3.8, 4) is 6.07 Å². The molecule has 0 saturated carbocycles. The van der Waals surface area contributed by atoms with Crippen LogP contribution in [0.15, 0.2) is 0 Å². The van der Waals surface area contributed by atoms with Crippen molar-refractivity contribution in [1.29, 1.82) is 5.26 Å². The molecule has 6 nitrogen and oxygen atoms in total. The predicted molar refractivity (Wildman–Crippen MR) is 62.3 cm³/mol. The smallest absolute Gasteiger partial charge is 0.142 e. The molecule has 6 heteroatoms. The van der Waals surface area contributed by atoms with Crippen LogP contribution in [0.4, 0.5) is 5.82 Å². The molecule has 1 rings (SSSR count). The highest BCUT2D eigenvalue weighted by atomic mass is 15.4. The van der Waals surface area contributed by atoms with E-state index in [1.54, 1.807) is 4.68 Å². The Labute approximate surface area is 95.6 Å². The molecule has 0 saturated heterocycles. The van der Waals surface area contributed by atoms with Crippen LogP contribution in [0.1, 0.15) is 17.7 Å². The zero-order valence-electron chi connectivity index (χ0n) is 9.99. The highest BCUT2D eigenvalue weighted by Crippen LogP contribution is 2.19. The van der Waals surface area contributed by atoms with Gasteiger partial charge in [0.2, 0.25) is 0 Å². The SMILES string of the molecule is Cc1nn(C)c(NN)c1CN(C)CCC#N. The van der Waals surface area contributed by atoms with E-state index in [-0.39, 0.29) is 0 Å². The average molecular weight is 222 g/mol. The summed E-state index contributed by atoms with van der Waals surface area (Å²) < 4.78 is 1.72. The minimum Gasteiger partial charge on any atom is -0.308 e. The molecule has 0 aliphatic rings. The van der Waals surface area contributed by atoms with E-state index in [1.807, 2.05) is 21.0 Å². The molecule has 0 bridgehead atoms. The molecule has 0 amide bonds. The number of hydrogen-bond donors (Lipinski definition) is 2. The van der Waals surface area contributed by atoms with Gasteiger partial charge >= 0.3 is 0 Å². The Morgan fingerprint density at radius 2 is 2.31 bits per heavy atom. The van der Waals surface area contributed by atoms with Crippen molar-refractivity contribution in [1.82, 2.24) is 14.7 Å². The number of nitrogens with two attached hydrogens (primary N) is 1. The van der Waals surface area contributed by atoms with Gasteiger partial charge in [0.1, 0.15) is 5.82 Å². The van der Waals surface area contributed by atoms with Crippen LogP contribution in [0.5, 0.6) is 0 Å². The maximum absolute atomic E-state index is 8.52. The van der Waals surface area contributed by atoms with Crippen molar-refractivity contribution in [3.05, 3.63) is 11.3 Å². The van der Waals surface area contributed by atoms with Crippen LogP contribution < -0.4 is 11.3 Å². The summed E-state index contributed by atoms with van der Waals surface area (Å²) >= 11 is 0. The van der Waals surface area contributed by atoms with Crippen LogP contribution in [-0.2, 0) is 13.6 Å². The molecule has 88 valence electrons. The van der Waals surface area contributed by atoms with Crippen LogP contribution in [-0.4, -0.2) is 28.3 Å². The summed E-state index contributed by atoms with van der Waals surface area (Å²) in [5.74, 6) is 6.28. The lowest BCUT2D eigenvalue weighted by Gasteiger charge is -2.15. The number of aromatic nitrogens is 2. The number of hydrogen-bond acceptors (Lipinski definition) is 5. The van der Waals surface area contributed by atoms with Crippen LogP contribution in [0, 0.1) is 18.3 Å². The van der Waals surface area contributed by atoms with Gasteiger partial charge in [-0.1, -0.05) is 0 Å². The van der Waals surface area contributed by atoms with E-state index in [2.05, 4.69) is 21.5 Å². The summed E-state index contributed by atoms with van der Waals surface area (Å²) in [5, 5.41) is 12.8. The van der Waals surface area contributed by atoms with Gasteiger partial charge in [0.05, 0.1) is 11.8 Å². The standard InChI is InChI=1S/C10H18N6/c1-8-9(7-15(2)6-4-5-11)10(13-12)16(3)14-8/h13H,4,6-7,12H2,1-3H3. The molecule has 0 atom stereocenters. The lowest BCUT2D eigenvalue weighted by atomic mass is 10.2. The summed E-state index contributed by atoms with van der Waals surface area (Å²) in [6.07, 6.45) is 0.529. The van der Waals surface area contributed by atoms with Gasteiger partial charge in [-0.15, -0.1) is 0 Å². The monoisotopic (exact) mass is 222 g/mol. The fraction of sp³-hybridized carbons (Fsp3) is 0.600. The summed E-state index contributed by atoms with van der Waals surface area (Å²) in [6.45, 7) is 3.43. The quantitative estimate of drug-likeness (QED) is 0.555. The number of aryl methyl sites for hydroxylation is 2. The van der Waals surface area contributed by atoms with Gasteiger partial charge in [0.25, 0.3) is 0 Å². The fourth-order valence-electron chi connectivity index (χ4n) is 1.66. The lowest BCUT2D eigenvalue weighted by Crippen LogP contribution is -2.21. The predicted octanol–water partition coefficient (Wildman–Crippen LogP) is 0.360. The summed E-state index contributed by atoms with van der Waals surface area (Å²) in [6, 6.07) is 2.13. The highest BCUT2D eigenvalue weighted by Gasteiger charge is 2.13. The van der Waals surface area contributed by atoms with E-state index in [1.165, 1.54) is 0 Å². The Bertz CT molecular complexity index is 389. The molecule has 0 aromatic carbocycles. The molecule has 1 heterocycles. The van der Waals surface area contributed by atoms with Crippen molar-refractivity contribution in [3.63, 3.8) is 0 Å². The Hall–Kier alpha value is -1.58. The van der Waals surface area contributed by atoms with Crippen LogP contribution in [0.2, 0.25) is 0 Å². The maximum atomic E-state index is 8.52. The molecule has 1 aromatic heterocycles. The fourth-order valence-corrected chi connectivity index (χ4v) is 1.66. The van der Waals surface area contributed by atoms with E-state index in [0.29, 0.717) is 6.42 Å². The molecule has 1 aromatic rings. The van der Waals surface area contributed by atoms with Crippen LogP contribution in [0.25, 0.3) is 0 Å². The molecular formula is C10H18N6. The van der Waals surface area contributed by atoms with E-state index in [9.17, 15) is 0 Å². The van der Waals surface area contributed by atoms with Gasteiger partial charge in [-0.05, 0) is 14.0 Å². The van der Waals surface area contributed by atoms with E-state index in [4.69, 9.17) is 11.1 Å². The highest BCUT2D eigenvalue weighted by molar-refractivity contribution is 5.46. The van der Waals surface area contributed by atoms with Gasteiger partial charge in [-0.25, -0.2) is 5.84 Å². The second-order valence-corrected chi connectivity index (χ2v) is 3.83. The molecule has 3 N–H and O–H groups in total. The molecular weight excluding hydrogens is 204 g/mol. The van der Waals surface area contributed by atoms with Crippen molar-refractivity contribution in [2.24, 2.45) is 12.9 Å². The number of hydrazine groups is 1. The van der Waals surface area contributed by atoms with E-state index >= 15 is 0 Å². The third-order valence-electron chi connectivity index (χ3n) is 2.52. The molecule has 0 unspecified atom stereocenters. The molecule has 0 radical (unpaired) electrons. The Morgan fingerprint density at radius 3 is 2.88 bits per heavy atom. The molecule has 0 aliphatic carbocycles. The van der Waals surface area contributed by atoms with Crippen molar-refractivity contribution < 1.29 is 0 Å². The van der Waals surface area contributed by atoms with E-state index < -0.39 is 0 Å². The first-order valence-electron chi connectivity index (χ1n) is 5.14. The number of nitrogen functional groups attached to an aromatic ring is 1. The summed E-state index contributed by atoms with van der Waals surface area (Å²) in [7, 11) is 3.82. The third-order valence-corrected chi connectivity index (χ3v) is 2.52. The minimum atomic E-state index is 0.529. The van der Waals surface area contributed by atoms with Gasteiger partial charge < -0.3 is 10.3 Å². The Balaban J connectivity index is 2.76. The summed E-state index contributed by atoms with van der Waals surface area (Å²) in [4.78, 5) is 2.08. The number of nitrogens with zero attached hydrogens (tertiary/aromatic N) is 4. The average Bonchev–Trinajstić information content (AvgIpc) is 2.50. The van der Waals surface area contributed by atoms with Crippen LogP contribution in [0.3, 0.4) is 0 Å². The maximum Gasteiger partial charge on any atom is 0.142 e. The number of anilines is 1. The second kappa shape index (κ2) is 5.49. The Kier molecular flexibility index (Phi) is 4.28. The second-order valence-electron chi connectivity index (χ2n) is 3.83. The summed E-state index contributed by atoms with van der Waals surface area (Å²) in [5.41, 5.74) is 4.69. The van der Waals surface area contributed by atoms with Crippen molar-refractivity contribution in [2.75, 3.05) is 19.0 Å². The normalized spacial score (nSPS) is 10.5. The van der Waals surface area contributed by atoms with Gasteiger partial charge in [-0.3, -0.25) is 4.68 Å².